The van der Waals surface area contributed by atoms with Crippen molar-refractivity contribution >= 4 is 28.7 Å². The van der Waals surface area contributed by atoms with Crippen molar-refractivity contribution in [3.05, 3.63) is 34.4 Å². The van der Waals surface area contributed by atoms with Crippen LogP contribution in [0.3, 0.4) is 0 Å². The molecular formula is C21H29N5O3. The summed E-state index contributed by atoms with van der Waals surface area (Å²) in [5.41, 5.74) is 1.89. The van der Waals surface area contributed by atoms with Gasteiger partial charge in [-0.1, -0.05) is 0 Å². The molecule has 0 radical (unpaired) electrons. The molecule has 156 valence electrons. The van der Waals surface area contributed by atoms with E-state index in [9.17, 15) is 14.9 Å². The topological polar surface area (TPSA) is 100 Å². The van der Waals surface area contributed by atoms with E-state index in [1.54, 1.807) is 12.1 Å². The lowest BCUT2D eigenvalue weighted by atomic mass is 9.79. The maximum Gasteiger partial charge on any atom is 0.269 e. The SMILES string of the molecule is CC(=NC1CC(C)(C)NC(C)(C)C1)[C@@H]1C(=O)N(c2ccc([N+](=O)[O-])cc2)N=C1C. The molecule has 0 aliphatic carbocycles. The quantitative estimate of drug-likeness (QED) is 0.474. The number of nitrogens with one attached hydrogen (secondary N) is 1. The van der Waals surface area contributed by atoms with Gasteiger partial charge in [0.15, 0.2) is 0 Å². The lowest BCUT2D eigenvalue weighted by Crippen LogP contribution is -2.59. The fourth-order valence-corrected chi connectivity index (χ4v) is 4.67. The van der Waals surface area contributed by atoms with Crippen LogP contribution in [0.2, 0.25) is 0 Å². The Morgan fingerprint density at radius 1 is 1.21 bits per heavy atom. The average molecular weight is 399 g/mol. The second kappa shape index (κ2) is 7.33. The highest BCUT2D eigenvalue weighted by Crippen LogP contribution is 2.32. The van der Waals surface area contributed by atoms with Gasteiger partial charge in [-0.2, -0.15) is 10.1 Å². The number of carbonyl (C=O) groups excluding carboxylic acids is 1. The molecule has 0 saturated carbocycles. The standard InChI is InChI=1S/C21H29N5O3/c1-13(22-15-11-20(3,4)24-21(5,6)12-15)18-14(2)23-25(19(18)27)16-7-9-17(10-8-16)26(28)29/h7-10,15,18,24H,11-12H2,1-6H3/t18-/m0/s1. The third kappa shape index (κ3) is 4.53. The first-order valence-corrected chi connectivity index (χ1v) is 9.86. The molecule has 2 aliphatic heterocycles. The number of nitrogens with zero attached hydrogens (tertiary/aromatic N) is 4. The smallest absolute Gasteiger partial charge is 0.269 e. The van der Waals surface area contributed by atoms with Crippen molar-refractivity contribution in [2.24, 2.45) is 16.0 Å². The van der Waals surface area contributed by atoms with E-state index in [1.807, 2.05) is 13.8 Å². The number of amides is 1. The molecule has 0 spiro atoms. The zero-order valence-corrected chi connectivity index (χ0v) is 17.9. The summed E-state index contributed by atoms with van der Waals surface area (Å²) in [6, 6.07) is 5.97. The molecule has 8 heteroatoms. The number of hydrazone groups is 1. The second-order valence-electron chi connectivity index (χ2n) is 9.32. The van der Waals surface area contributed by atoms with Crippen LogP contribution in [-0.4, -0.2) is 39.4 Å². The van der Waals surface area contributed by atoms with Gasteiger partial charge in [0.1, 0.15) is 5.92 Å². The predicted octanol–water partition coefficient (Wildman–Crippen LogP) is 3.70. The van der Waals surface area contributed by atoms with Crippen molar-refractivity contribution in [2.45, 2.75) is 71.5 Å². The molecule has 29 heavy (non-hydrogen) atoms. The molecule has 0 aromatic heterocycles. The van der Waals surface area contributed by atoms with Crippen molar-refractivity contribution in [1.82, 2.24) is 5.32 Å². The van der Waals surface area contributed by atoms with Gasteiger partial charge >= 0.3 is 0 Å². The number of rotatable bonds is 4. The van der Waals surface area contributed by atoms with E-state index >= 15 is 0 Å². The largest absolute Gasteiger partial charge is 0.307 e. The number of hydrogen-bond donors (Lipinski definition) is 1. The van der Waals surface area contributed by atoms with Crippen LogP contribution in [-0.2, 0) is 4.79 Å². The van der Waals surface area contributed by atoms with Crippen molar-refractivity contribution in [3.63, 3.8) is 0 Å². The van der Waals surface area contributed by atoms with E-state index in [4.69, 9.17) is 4.99 Å². The highest BCUT2D eigenvalue weighted by Gasteiger charge is 2.40. The summed E-state index contributed by atoms with van der Waals surface area (Å²) >= 11 is 0. The Bertz CT molecular complexity index is 870. The lowest BCUT2D eigenvalue weighted by molar-refractivity contribution is -0.384. The van der Waals surface area contributed by atoms with Gasteiger partial charge in [0.2, 0.25) is 0 Å². The third-order valence-electron chi connectivity index (χ3n) is 5.41. The number of nitro groups is 1. The van der Waals surface area contributed by atoms with Crippen molar-refractivity contribution in [2.75, 3.05) is 5.01 Å². The summed E-state index contributed by atoms with van der Waals surface area (Å²) < 4.78 is 0. The monoisotopic (exact) mass is 399 g/mol. The Morgan fingerprint density at radius 2 is 1.76 bits per heavy atom. The normalized spacial score (nSPS) is 24.6. The van der Waals surface area contributed by atoms with Crippen LogP contribution in [0.4, 0.5) is 11.4 Å². The van der Waals surface area contributed by atoms with Crippen LogP contribution in [0.25, 0.3) is 0 Å². The number of non-ortho nitro benzene ring substituents is 1. The molecule has 1 aromatic rings. The molecule has 0 bridgehead atoms. The van der Waals surface area contributed by atoms with E-state index < -0.39 is 10.8 Å². The van der Waals surface area contributed by atoms with Crippen LogP contribution < -0.4 is 10.3 Å². The minimum atomic E-state index is -0.494. The molecule has 2 heterocycles. The van der Waals surface area contributed by atoms with E-state index in [0.29, 0.717) is 11.4 Å². The molecule has 1 atom stereocenters. The Kier molecular flexibility index (Phi) is 5.34. The highest BCUT2D eigenvalue weighted by atomic mass is 16.6. The molecule has 1 aromatic carbocycles. The Labute approximate surface area is 171 Å². The first kappa shape index (κ1) is 21.1. The molecule has 1 amide bonds. The molecular weight excluding hydrogens is 370 g/mol. The van der Waals surface area contributed by atoms with Crippen LogP contribution in [0, 0.1) is 16.0 Å². The van der Waals surface area contributed by atoms with E-state index in [0.717, 1.165) is 18.6 Å². The molecule has 1 saturated heterocycles. The van der Waals surface area contributed by atoms with Gasteiger partial charge in [-0.05, 0) is 66.5 Å². The number of nitro benzene ring substituents is 1. The molecule has 1 N–H and O–H groups in total. The Hall–Kier alpha value is -2.61. The summed E-state index contributed by atoms with van der Waals surface area (Å²) in [4.78, 5) is 28.4. The van der Waals surface area contributed by atoms with Gasteiger partial charge in [0.05, 0.1) is 22.4 Å². The number of anilines is 1. The van der Waals surface area contributed by atoms with Crippen molar-refractivity contribution < 1.29 is 9.72 Å². The molecule has 8 nitrogen and oxygen atoms in total. The minimum Gasteiger partial charge on any atom is -0.307 e. The lowest BCUT2D eigenvalue weighted by Gasteiger charge is -2.45. The summed E-state index contributed by atoms with van der Waals surface area (Å²) in [6.07, 6.45) is 1.80. The van der Waals surface area contributed by atoms with Gasteiger partial charge in [-0.25, -0.2) is 0 Å². The van der Waals surface area contributed by atoms with Gasteiger partial charge in [0, 0.05) is 28.9 Å². The number of carbonyl (C=O) groups is 1. The van der Waals surface area contributed by atoms with Crippen molar-refractivity contribution in [1.29, 1.82) is 0 Å². The fourth-order valence-electron chi connectivity index (χ4n) is 4.67. The predicted molar refractivity (Wildman–Crippen MR) is 115 cm³/mol. The molecule has 0 unspecified atom stereocenters. The summed E-state index contributed by atoms with van der Waals surface area (Å²) in [7, 11) is 0. The van der Waals surface area contributed by atoms with Gasteiger partial charge in [-0.15, -0.1) is 0 Å². The first-order chi connectivity index (χ1) is 13.4. The second-order valence-corrected chi connectivity index (χ2v) is 9.32. The highest BCUT2D eigenvalue weighted by molar-refractivity contribution is 6.27. The maximum atomic E-state index is 13.1. The van der Waals surface area contributed by atoms with E-state index in [2.05, 4.69) is 38.1 Å². The summed E-state index contributed by atoms with van der Waals surface area (Å²) in [6.45, 7) is 12.4. The average Bonchev–Trinajstić information content (AvgIpc) is 2.86. The number of piperidine rings is 1. The number of hydrogen-bond acceptors (Lipinski definition) is 6. The summed E-state index contributed by atoms with van der Waals surface area (Å²) in [5.74, 6) is -0.670. The number of benzene rings is 1. The van der Waals surface area contributed by atoms with E-state index in [-0.39, 0.29) is 28.7 Å². The van der Waals surface area contributed by atoms with Crippen LogP contribution in [0.1, 0.15) is 54.4 Å². The Balaban J connectivity index is 1.81. The fraction of sp³-hybridized carbons (Fsp3) is 0.571. The van der Waals surface area contributed by atoms with Crippen molar-refractivity contribution in [3.8, 4) is 0 Å². The van der Waals surface area contributed by atoms with E-state index in [1.165, 1.54) is 17.1 Å². The molecule has 2 aliphatic rings. The van der Waals surface area contributed by atoms with Crippen LogP contribution in [0.5, 0.6) is 0 Å². The van der Waals surface area contributed by atoms with Crippen LogP contribution >= 0.6 is 0 Å². The maximum absolute atomic E-state index is 13.1. The summed E-state index contributed by atoms with van der Waals surface area (Å²) in [5, 5.41) is 20.2. The van der Waals surface area contributed by atoms with Gasteiger partial charge < -0.3 is 5.32 Å². The number of aliphatic imine (C=N–C) groups is 1. The van der Waals surface area contributed by atoms with Crippen LogP contribution in [0.15, 0.2) is 34.4 Å². The Morgan fingerprint density at radius 3 is 2.28 bits per heavy atom. The van der Waals surface area contributed by atoms with Gasteiger partial charge in [0.25, 0.3) is 11.6 Å². The molecule has 1 fully saturated rings. The molecule has 3 rings (SSSR count). The minimum absolute atomic E-state index is 0.0217. The third-order valence-corrected chi connectivity index (χ3v) is 5.41. The first-order valence-electron chi connectivity index (χ1n) is 9.86. The zero-order chi connectivity index (χ0) is 21.6. The zero-order valence-electron chi connectivity index (χ0n) is 17.9. The van der Waals surface area contributed by atoms with Gasteiger partial charge in [-0.3, -0.25) is 19.9 Å².